The summed E-state index contributed by atoms with van der Waals surface area (Å²) in [5.74, 6) is -1.33. The third-order valence-electron chi connectivity index (χ3n) is 5.51. The van der Waals surface area contributed by atoms with Crippen molar-refractivity contribution in [2.45, 2.75) is 25.4 Å². The van der Waals surface area contributed by atoms with Crippen LogP contribution in [0.2, 0.25) is 0 Å². The van der Waals surface area contributed by atoms with Gasteiger partial charge in [-0.1, -0.05) is 6.07 Å². The number of carbonyl (C=O) groups is 4. The van der Waals surface area contributed by atoms with Crippen LogP contribution >= 0.6 is 0 Å². The highest BCUT2D eigenvalue weighted by molar-refractivity contribution is 6.07. The minimum atomic E-state index is -0.908. The van der Waals surface area contributed by atoms with Crippen molar-refractivity contribution in [2.75, 3.05) is 5.32 Å². The molecule has 1 saturated heterocycles. The first-order valence-corrected chi connectivity index (χ1v) is 10.5. The van der Waals surface area contributed by atoms with Gasteiger partial charge in [-0.05, 0) is 31.2 Å². The lowest BCUT2D eigenvalue weighted by Crippen LogP contribution is -2.33. The minimum absolute atomic E-state index is 0.200. The van der Waals surface area contributed by atoms with E-state index in [0.717, 1.165) is 11.3 Å². The molecule has 0 spiro atoms. The lowest BCUT2D eigenvalue weighted by Gasteiger charge is -2.13. The highest BCUT2D eigenvalue weighted by atomic mass is 16.2. The number of aromatic nitrogens is 4. The summed E-state index contributed by atoms with van der Waals surface area (Å²) in [7, 11) is 0. The van der Waals surface area contributed by atoms with Gasteiger partial charge in [0.05, 0.1) is 35.6 Å². The predicted molar refractivity (Wildman–Crippen MR) is 120 cm³/mol. The molecule has 5 heterocycles. The van der Waals surface area contributed by atoms with Gasteiger partial charge in [0.2, 0.25) is 5.91 Å². The molecule has 2 atom stereocenters. The number of carbonyl (C=O) groups excluding carboxylic acids is 4. The molecule has 4 N–H and O–H groups in total. The molecule has 1 aliphatic rings. The van der Waals surface area contributed by atoms with Gasteiger partial charge in [0, 0.05) is 12.4 Å². The molecule has 5 rings (SSSR count). The van der Waals surface area contributed by atoms with Gasteiger partial charge in [0.15, 0.2) is 5.69 Å². The number of imide groups is 1. The predicted octanol–water partition coefficient (Wildman–Crippen LogP) is 1.01. The number of nitrogens with one attached hydrogen (secondary N) is 4. The Morgan fingerprint density at radius 1 is 1.18 bits per heavy atom. The number of anilines is 1. The highest BCUT2D eigenvalue weighted by Gasteiger charge is 2.31. The van der Waals surface area contributed by atoms with E-state index in [1.165, 1.54) is 6.33 Å². The summed E-state index contributed by atoms with van der Waals surface area (Å²) in [5, 5.41) is 10.1. The molecule has 1 aliphatic heterocycles. The fourth-order valence-electron chi connectivity index (χ4n) is 3.86. The van der Waals surface area contributed by atoms with Crippen molar-refractivity contribution in [3.05, 3.63) is 66.6 Å². The molecule has 172 valence electrons. The largest absolute Gasteiger partial charge is 0.343 e. The number of imidazole rings is 2. The van der Waals surface area contributed by atoms with Crippen LogP contribution in [0, 0.1) is 0 Å². The molecule has 34 heavy (non-hydrogen) atoms. The average molecular weight is 460 g/mol. The fraction of sp³-hybridized carbons (Fsp3) is 0.182. The summed E-state index contributed by atoms with van der Waals surface area (Å²) < 4.78 is 3.53. The van der Waals surface area contributed by atoms with Gasteiger partial charge in [-0.15, -0.1) is 0 Å². The molecule has 0 bridgehead atoms. The van der Waals surface area contributed by atoms with Crippen molar-refractivity contribution >= 4 is 40.6 Å². The van der Waals surface area contributed by atoms with Crippen molar-refractivity contribution in [2.24, 2.45) is 0 Å². The topological polar surface area (TPSA) is 151 Å². The van der Waals surface area contributed by atoms with Gasteiger partial charge < -0.3 is 24.8 Å². The van der Waals surface area contributed by atoms with Crippen LogP contribution in [0.3, 0.4) is 0 Å². The average Bonchev–Trinajstić information content (AvgIpc) is 3.50. The second kappa shape index (κ2) is 8.31. The van der Waals surface area contributed by atoms with E-state index >= 15 is 0 Å². The summed E-state index contributed by atoms with van der Waals surface area (Å²) in [4.78, 5) is 56.5. The van der Waals surface area contributed by atoms with Crippen molar-refractivity contribution in [3.8, 4) is 0 Å². The van der Waals surface area contributed by atoms with Gasteiger partial charge in [-0.2, -0.15) is 0 Å². The van der Waals surface area contributed by atoms with E-state index in [2.05, 4.69) is 31.2 Å². The zero-order chi connectivity index (χ0) is 23.8. The van der Waals surface area contributed by atoms with E-state index in [4.69, 9.17) is 0 Å². The molecule has 4 aromatic heterocycles. The van der Waals surface area contributed by atoms with Crippen LogP contribution in [-0.4, -0.2) is 48.6 Å². The van der Waals surface area contributed by atoms with E-state index in [0.29, 0.717) is 11.2 Å². The fourth-order valence-corrected chi connectivity index (χ4v) is 3.86. The standard InChI is InChI=1S/C22H20N8O4/c1-12(16-9-23-17-4-2-3-7-30(16)17)25-21(33)19-15-6-5-13(10-29(15)11-24-19)26-18(31)8-14-20(32)28-22(34)27-14/h2-7,9-12,14H,8H2,1H3,(H,25,33)(H,26,31)(H2,27,28,32,34)/t12-,14?/m1/s1. The molecular weight excluding hydrogens is 440 g/mol. The van der Waals surface area contributed by atoms with E-state index in [-0.39, 0.29) is 24.1 Å². The highest BCUT2D eigenvalue weighted by Crippen LogP contribution is 2.18. The maximum absolute atomic E-state index is 12.9. The first-order valence-electron chi connectivity index (χ1n) is 10.5. The lowest BCUT2D eigenvalue weighted by atomic mass is 10.2. The monoisotopic (exact) mass is 460 g/mol. The number of hydrogen-bond acceptors (Lipinski definition) is 6. The number of rotatable bonds is 6. The quantitative estimate of drug-likeness (QED) is 0.315. The van der Waals surface area contributed by atoms with E-state index in [1.54, 1.807) is 28.9 Å². The first kappa shape index (κ1) is 21.1. The van der Waals surface area contributed by atoms with Crippen LogP contribution in [0.4, 0.5) is 10.5 Å². The molecule has 1 fully saturated rings. The Labute approximate surface area is 192 Å². The van der Waals surface area contributed by atoms with Crippen LogP contribution in [-0.2, 0) is 9.59 Å². The summed E-state index contributed by atoms with van der Waals surface area (Å²) in [6.45, 7) is 1.87. The maximum atomic E-state index is 12.9. The summed E-state index contributed by atoms with van der Waals surface area (Å²) in [5.41, 5.74) is 2.87. The Kier molecular flexibility index (Phi) is 5.17. The zero-order valence-electron chi connectivity index (χ0n) is 18.0. The SMILES string of the molecule is C[C@@H](NC(=O)c1ncn2cc(NC(=O)CC3NC(=O)NC3=O)ccc12)c1cnc2ccccn12. The molecule has 4 aromatic rings. The van der Waals surface area contributed by atoms with Crippen molar-refractivity contribution in [3.63, 3.8) is 0 Å². The van der Waals surface area contributed by atoms with E-state index < -0.39 is 23.9 Å². The zero-order valence-corrected chi connectivity index (χ0v) is 18.0. The van der Waals surface area contributed by atoms with E-state index in [1.807, 2.05) is 35.7 Å². The Morgan fingerprint density at radius 2 is 2.03 bits per heavy atom. The van der Waals surface area contributed by atoms with Crippen LogP contribution in [0.15, 0.2) is 55.2 Å². The molecule has 0 saturated carbocycles. The number of amides is 5. The first-order chi connectivity index (χ1) is 16.4. The Hall–Kier alpha value is -4.74. The van der Waals surface area contributed by atoms with Crippen LogP contribution in [0.1, 0.15) is 35.6 Å². The molecular formula is C22H20N8O4. The Morgan fingerprint density at radius 3 is 2.82 bits per heavy atom. The molecule has 12 heteroatoms. The van der Waals surface area contributed by atoms with Gasteiger partial charge in [0.1, 0.15) is 18.0 Å². The molecule has 5 amide bonds. The minimum Gasteiger partial charge on any atom is -0.343 e. The Balaban J connectivity index is 1.27. The number of pyridine rings is 2. The normalized spacial score (nSPS) is 16.3. The van der Waals surface area contributed by atoms with Crippen molar-refractivity contribution < 1.29 is 19.2 Å². The maximum Gasteiger partial charge on any atom is 0.322 e. The molecule has 12 nitrogen and oxygen atoms in total. The third kappa shape index (κ3) is 3.92. The smallest absolute Gasteiger partial charge is 0.322 e. The number of urea groups is 1. The summed E-state index contributed by atoms with van der Waals surface area (Å²) in [6.07, 6.45) is 6.49. The molecule has 0 aromatic carbocycles. The Bertz CT molecular complexity index is 1460. The number of fused-ring (bicyclic) bond motifs is 2. The molecule has 0 radical (unpaired) electrons. The van der Waals surface area contributed by atoms with Crippen LogP contribution < -0.4 is 21.3 Å². The van der Waals surface area contributed by atoms with Gasteiger partial charge >= 0.3 is 6.03 Å². The van der Waals surface area contributed by atoms with Crippen molar-refractivity contribution in [1.82, 2.24) is 34.7 Å². The second-order valence-corrected chi connectivity index (χ2v) is 7.88. The number of nitrogens with zero attached hydrogens (tertiary/aromatic N) is 4. The summed E-state index contributed by atoms with van der Waals surface area (Å²) >= 11 is 0. The van der Waals surface area contributed by atoms with Gasteiger partial charge in [-0.25, -0.2) is 14.8 Å². The number of hydrogen-bond donors (Lipinski definition) is 4. The summed E-state index contributed by atoms with van der Waals surface area (Å²) in [6, 6.07) is 7.13. The lowest BCUT2D eigenvalue weighted by molar-refractivity contribution is -0.124. The van der Waals surface area contributed by atoms with Crippen molar-refractivity contribution in [1.29, 1.82) is 0 Å². The third-order valence-corrected chi connectivity index (χ3v) is 5.51. The molecule has 1 unspecified atom stereocenters. The van der Waals surface area contributed by atoms with E-state index in [9.17, 15) is 19.2 Å². The van der Waals surface area contributed by atoms with Gasteiger partial charge in [-0.3, -0.25) is 19.7 Å². The van der Waals surface area contributed by atoms with Gasteiger partial charge in [0.25, 0.3) is 11.8 Å². The van der Waals surface area contributed by atoms with Crippen LogP contribution in [0.5, 0.6) is 0 Å². The van der Waals surface area contributed by atoms with Crippen LogP contribution in [0.25, 0.3) is 11.2 Å². The molecule has 0 aliphatic carbocycles. The second-order valence-electron chi connectivity index (χ2n) is 7.88.